The summed E-state index contributed by atoms with van der Waals surface area (Å²) in [5.74, 6) is -5.62. The van der Waals surface area contributed by atoms with E-state index in [4.69, 9.17) is 11.6 Å². The number of non-ortho nitro benzene ring substituents is 1. The molecule has 1 unspecified atom stereocenters. The van der Waals surface area contributed by atoms with Gasteiger partial charge in [0.2, 0.25) is 0 Å². The maximum atomic E-state index is 14.2. The molecule has 0 amide bonds. The summed E-state index contributed by atoms with van der Waals surface area (Å²) in [5.41, 5.74) is -6.19. The van der Waals surface area contributed by atoms with E-state index in [-0.39, 0.29) is 0 Å². The second-order valence-electron chi connectivity index (χ2n) is 5.07. The smallest absolute Gasteiger partial charge is 0.374 e. The molecule has 0 aromatic heterocycles. The number of rotatable bonds is 4. The van der Waals surface area contributed by atoms with E-state index >= 15 is 0 Å². The van der Waals surface area contributed by atoms with Crippen LogP contribution in [-0.2, 0) is 5.60 Å². The molecule has 1 atom stereocenters. The summed E-state index contributed by atoms with van der Waals surface area (Å²) in [4.78, 5) is 9.78. The highest BCUT2D eigenvalue weighted by Gasteiger charge is 2.71. The van der Waals surface area contributed by atoms with Crippen LogP contribution in [0.25, 0.3) is 0 Å². The molecule has 0 saturated carbocycles. The third-order valence-electron chi connectivity index (χ3n) is 3.57. The van der Waals surface area contributed by atoms with Gasteiger partial charge in [-0.15, -0.1) is 0 Å². The molecule has 4 nitrogen and oxygen atoms in total. The van der Waals surface area contributed by atoms with Crippen molar-refractivity contribution in [3.8, 4) is 0 Å². The van der Waals surface area contributed by atoms with Crippen LogP contribution in [0.4, 0.5) is 27.6 Å². The molecule has 0 heterocycles. The Morgan fingerprint density at radius 2 is 1.48 bits per heavy atom. The topological polar surface area (TPSA) is 63.4 Å². The fourth-order valence-corrected chi connectivity index (χ4v) is 2.56. The fourth-order valence-electron chi connectivity index (χ4n) is 2.29. The second-order valence-corrected chi connectivity index (χ2v) is 5.47. The van der Waals surface area contributed by atoms with Crippen molar-refractivity contribution in [2.24, 2.45) is 0 Å². The van der Waals surface area contributed by atoms with E-state index in [0.717, 1.165) is 18.2 Å². The number of nitro groups is 1. The number of alkyl halides is 5. The average Bonchev–Trinajstić information content (AvgIpc) is 2.53. The lowest BCUT2D eigenvalue weighted by molar-refractivity contribution is -0.384. The normalized spacial score (nSPS) is 14.8. The molecular weight excluding hydrogens is 373 g/mol. The lowest BCUT2D eigenvalue weighted by atomic mass is 9.80. The molecule has 2 aromatic rings. The quantitative estimate of drug-likeness (QED) is 0.475. The Kier molecular flexibility index (Phi) is 4.75. The first kappa shape index (κ1) is 19.1. The Labute approximate surface area is 142 Å². The number of nitrogens with zero attached hydrogens (tertiary/aromatic N) is 1. The molecule has 1 N–H and O–H groups in total. The summed E-state index contributed by atoms with van der Waals surface area (Å²) in [6.07, 6.45) is -6.11. The number of hydrogen-bond donors (Lipinski definition) is 1. The van der Waals surface area contributed by atoms with E-state index in [1.54, 1.807) is 0 Å². The molecule has 10 heteroatoms. The van der Waals surface area contributed by atoms with Gasteiger partial charge in [0.15, 0.2) is 5.60 Å². The molecule has 0 aliphatic carbocycles. The van der Waals surface area contributed by atoms with Crippen molar-refractivity contribution in [2.45, 2.75) is 17.7 Å². The zero-order valence-electron chi connectivity index (χ0n) is 12.1. The zero-order chi connectivity index (χ0) is 19.0. The summed E-state index contributed by atoms with van der Waals surface area (Å²) in [5, 5.41) is 20.6. The van der Waals surface area contributed by atoms with Crippen LogP contribution in [0.2, 0.25) is 5.02 Å². The Balaban J connectivity index is 2.78. The largest absolute Gasteiger partial charge is 0.457 e. The first-order valence-corrected chi connectivity index (χ1v) is 6.97. The maximum Gasteiger partial charge on any atom is 0.457 e. The van der Waals surface area contributed by atoms with Gasteiger partial charge in [-0.3, -0.25) is 10.1 Å². The predicted octanol–water partition coefficient (Wildman–Crippen LogP) is 4.68. The van der Waals surface area contributed by atoms with E-state index in [1.807, 2.05) is 0 Å². The lowest BCUT2D eigenvalue weighted by Crippen LogP contribution is -2.55. The molecule has 0 radical (unpaired) electrons. The summed E-state index contributed by atoms with van der Waals surface area (Å²) < 4.78 is 67.4. The SMILES string of the molecule is O=[N+]([O-])c1ccc(C(O)(c2ccccc2Cl)C(F)(F)C(F)(F)F)cc1. The van der Waals surface area contributed by atoms with Crippen molar-refractivity contribution in [1.29, 1.82) is 0 Å². The van der Waals surface area contributed by atoms with Gasteiger partial charge in [0, 0.05) is 22.7 Å². The van der Waals surface area contributed by atoms with E-state index in [1.165, 1.54) is 6.07 Å². The third kappa shape index (κ3) is 3.05. The van der Waals surface area contributed by atoms with Gasteiger partial charge in [-0.1, -0.05) is 29.8 Å². The van der Waals surface area contributed by atoms with E-state index in [0.29, 0.717) is 24.3 Å². The number of aliphatic hydroxyl groups is 1. The van der Waals surface area contributed by atoms with Gasteiger partial charge < -0.3 is 5.11 Å². The van der Waals surface area contributed by atoms with Gasteiger partial charge in [0.1, 0.15) is 0 Å². The van der Waals surface area contributed by atoms with Crippen LogP contribution in [0.15, 0.2) is 48.5 Å². The standard InChI is InChI=1S/C15H9ClF5NO3/c16-12-4-2-1-3-11(12)13(23,14(17,18)15(19,20)21)9-5-7-10(8-6-9)22(24)25/h1-8,23H. The Bertz CT molecular complexity index is 794. The fraction of sp³-hybridized carbons (Fsp3) is 0.200. The molecule has 0 aliphatic rings. The molecule has 0 spiro atoms. The van der Waals surface area contributed by atoms with Crippen LogP contribution in [0.3, 0.4) is 0 Å². The first-order valence-electron chi connectivity index (χ1n) is 6.59. The van der Waals surface area contributed by atoms with Gasteiger partial charge in [-0.05, 0) is 23.8 Å². The predicted molar refractivity (Wildman–Crippen MR) is 78.5 cm³/mol. The molecule has 0 saturated heterocycles. The zero-order valence-corrected chi connectivity index (χ0v) is 12.9. The monoisotopic (exact) mass is 381 g/mol. The van der Waals surface area contributed by atoms with Crippen LogP contribution >= 0.6 is 11.6 Å². The van der Waals surface area contributed by atoms with Crippen molar-refractivity contribution in [3.05, 3.63) is 74.8 Å². The van der Waals surface area contributed by atoms with E-state index in [9.17, 15) is 37.2 Å². The molecular formula is C15H9ClF5NO3. The highest BCUT2D eigenvalue weighted by atomic mass is 35.5. The molecule has 134 valence electrons. The van der Waals surface area contributed by atoms with Crippen molar-refractivity contribution in [1.82, 2.24) is 0 Å². The van der Waals surface area contributed by atoms with Crippen LogP contribution in [-0.4, -0.2) is 22.1 Å². The molecule has 0 bridgehead atoms. The third-order valence-corrected chi connectivity index (χ3v) is 3.90. The van der Waals surface area contributed by atoms with Crippen molar-refractivity contribution < 1.29 is 32.0 Å². The molecule has 25 heavy (non-hydrogen) atoms. The highest BCUT2D eigenvalue weighted by molar-refractivity contribution is 6.31. The van der Waals surface area contributed by atoms with Crippen LogP contribution in [0.5, 0.6) is 0 Å². The van der Waals surface area contributed by atoms with Gasteiger partial charge in [-0.2, -0.15) is 22.0 Å². The first-order chi connectivity index (χ1) is 11.4. The van der Waals surface area contributed by atoms with E-state index < -0.39 is 44.5 Å². The highest BCUT2D eigenvalue weighted by Crippen LogP contribution is 2.53. The molecule has 0 fully saturated rings. The maximum absolute atomic E-state index is 14.2. The van der Waals surface area contributed by atoms with Gasteiger partial charge in [0.25, 0.3) is 5.69 Å². The number of nitro benzene ring substituents is 1. The summed E-state index contributed by atoms with van der Waals surface area (Å²) in [7, 11) is 0. The van der Waals surface area contributed by atoms with Crippen LogP contribution in [0, 0.1) is 10.1 Å². The molecule has 2 rings (SSSR count). The minimum absolute atomic E-state index is 0.521. The van der Waals surface area contributed by atoms with Crippen molar-refractivity contribution in [3.63, 3.8) is 0 Å². The lowest BCUT2D eigenvalue weighted by Gasteiger charge is -2.38. The van der Waals surface area contributed by atoms with Gasteiger partial charge >= 0.3 is 12.1 Å². The molecule has 0 aliphatic heterocycles. The Hall–Kier alpha value is -2.26. The second kappa shape index (κ2) is 6.23. The summed E-state index contributed by atoms with van der Waals surface area (Å²) in [6, 6.07) is 6.95. The minimum Gasteiger partial charge on any atom is -0.374 e. The van der Waals surface area contributed by atoms with Crippen molar-refractivity contribution in [2.75, 3.05) is 0 Å². The van der Waals surface area contributed by atoms with Gasteiger partial charge in [-0.25, -0.2) is 0 Å². The van der Waals surface area contributed by atoms with Crippen molar-refractivity contribution >= 4 is 17.3 Å². The number of benzene rings is 2. The minimum atomic E-state index is -6.11. The average molecular weight is 382 g/mol. The Morgan fingerprint density at radius 1 is 0.960 bits per heavy atom. The Morgan fingerprint density at radius 3 is 1.92 bits per heavy atom. The van der Waals surface area contributed by atoms with Crippen LogP contribution in [0.1, 0.15) is 11.1 Å². The summed E-state index contributed by atoms with van der Waals surface area (Å²) >= 11 is 5.73. The summed E-state index contributed by atoms with van der Waals surface area (Å²) in [6.45, 7) is 0. The van der Waals surface area contributed by atoms with Gasteiger partial charge in [0.05, 0.1) is 4.92 Å². The van der Waals surface area contributed by atoms with Crippen LogP contribution < -0.4 is 0 Å². The number of halogens is 6. The number of hydrogen-bond acceptors (Lipinski definition) is 3. The molecule has 2 aromatic carbocycles. The van der Waals surface area contributed by atoms with E-state index in [2.05, 4.69) is 0 Å².